The van der Waals surface area contributed by atoms with Crippen LogP contribution in [0, 0.1) is 5.82 Å². The van der Waals surface area contributed by atoms with Crippen LogP contribution in [0.4, 0.5) is 10.1 Å². The molecule has 0 saturated carbocycles. The number of carbonyl (C=O) groups is 2. The van der Waals surface area contributed by atoms with Crippen molar-refractivity contribution in [2.24, 2.45) is 0 Å². The molecule has 1 aromatic heterocycles. The smallest absolute Gasteiger partial charge is 0.286 e. The van der Waals surface area contributed by atoms with Crippen LogP contribution in [0.3, 0.4) is 0 Å². The second kappa shape index (κ2) is 7.61. The molecule has 1 aliphatic rings. The van der Waals surface area contributed by atoms with E-state index in [1.807, 2.05) is 0 Å². The van der Waals surface area contributed by atoms with Gasteiger partial charge in [0.15, 0.2) is 11.5 Å². The number of fused-ring (bicyclic) bond motifs is 1. The van der Waals surface area contributed by atoms with Crippen molar-refractivity contribution in [2.45, 2.75) is 6.54 Å². The summed E-state index contributed by atoms with van der Waals surface area (Å²) in [4.78, 5) is 24.3. The lowest BCUT2D eigenvalue weighted by Crippen LogP contribution is -2.22. The molecule has 0 bridgehead atoms. The van der Waals surface area contributed by atoms with Crippen molar-refractivity contribution in [3.8, 4) is 11.5 Å². The van der Waals surface area contributed by atoms with E-state index >= 15 is 0 Å². The second-order valence-electron chi connectivity index (χ2n) is 5.71. The Hall–Kier alpha value is -3.53. The summed E-state index contributed by atoms with van der Waals surface area (Å²) in [6.07, 6.45) is 0. The maximum Gasteiger partial charge on any atom is 0.286 e. The van der Waals surface area contributed by atoms with Gasteiger partial charge in [0.25, 0.3) is 11.8 Å². The maximum atomic E-state index is 12.9. The van der Waals surface area contributed by atoms with Crippen LogP contribution in [0.1, 0.15) is 25.2 Å². The van der Waals surface area contributed by atoms with Crippen molar-refractivity contribution in [1.29, 1.82) is 0 Å². The van der Waals surface area contributed by atoms with Gasteiger partial charge in [0.05, 0.1) is 6.54 Å². The number of hydrogen-bond acceptors (Lipinski definition) is 7. The minimum absolute atomic E-state index is 0.102. The summed E-state index contributed by atoms with van der Waals surface area (Å²) in [6.45, 7) is 0.251. The zero-order chi connectivity index (χ0) is 19.5. The summed E-state index contributed by atoms with van der Waals surface area (Å²) in [5.41, 5.74) is 0.863. The summed E-state index contributed by atoms with van der Waals surface area (Å²) in [6, 6.07) is 10.2. The number of carbonyl (C=O) groups excluding carboxylic acids is 2. The fraction of sp³-hybridized carbons (Fsp3) is 0.111. The Kier molecular flexibility index (Phi) is 4.85. The summed E-state index contributed by atoms with van der Waals surface area (Å²) in [7, 11) is 0. The zero-order valence-corrected chi connectivity index (χ0v) is 15.1. The number of anilines is 1. The molecule has 0 radical (unpaired) electrons. The van der Waals surface area contributed by atoms with Crippen LogP contribution in [0.15, 0.2) is 42.5 Å². The quantitative estimate of drug-likeness (QED) is 0.683. The molecule has 4 rings (SSSR count). The Labute approximate surface area is 162 Å². The fourth-order valence-corrected chi connectivity index (χ4v) is 3.11. The van der Waals surface area contributed by atoms with Crippen molar-refractivity contribution in [2.75, 3.05) is 12.1 Å². The van der Waals surface area contributed by atoms with Crippen molar-refractivity contribution >= 4 is 28.8 Å². The lowest BCUT2D eigenvalue weighted by Gasteiger charge is -2.04. The maximum absolute atomic E-state index is 12.9. The molecule has 2 aromatic carbocycles. The first-order chi connectivity index (χ1) is 13.6. The van der Waals surface area contributed by atoms with Crippen LogP contribution in [0.25, 0.3) is 0 Å². The molecule has 0 unspecified atom stereocenters. The first-order valence-corrected chi connectivity index (χ1v) is 8.97. The Morgan fingerprint density at radius 1 is 1.04 bits per heavy atom. The Bertz CT molecular complexity index is 1040. The number of amides is 2. The van der Waals surface area contributed by atoms with Crippen molar-refractivity contribution in [1.82, 2.24) is 15.5 Å². The molecular formula is C18H13FN4O4S. The molecule has 2 amide bonds. The summed E-state index contributed by atoms with van der Waals surface area (Å²) >= 11 is 1.06. The van der Waals surface area contributed by atoms with E-state index in [4.69, 9.17) is 9.47 Å². The van der Waals surface area contributed by atoms with E-state index in [1.165, 1.54) is 24.3 Å². The van der Waals surface area contributed by atoms with Gasteiger partial charge in [-0.2, -0.15) is 0 Å². The number of halogens is 1. The first-order valence-electron chi connectivity index (χ1n) is 8.15. The van der Waals surface area contributed by atoms with E-state index in [1.54, 1.807) is 18.2 Å². The molecule has 0 atom stereocenters. The summed E-state index contributed by atoms with van der Waals surface area (Å²) in [5.74, 6) is -0.0415. The Balaban J connectivity index is 1.35. The van der Waals surface area contributed by atoms with Crippen molar-refractivity contribution < 1.29 is 23.5 Å². The van der Waals surface area contributed by atoms with Crippen LogP contribution in [-0.2, 0) is 6.54 Å². The third-order valence-electron chi connectivity index (χ3n) is 3.80. The summed E-state index contributed by atoms with van der Waals surface area (Å²) in [5, 5.41) is 13.7. The standard InChI is InChI=1S/C18H13FN4O4S/c19-11-3-1-10(2-4-11)16(24)20-8-15-22-23-18(28-15)17(25)21-12-5-6-13-14(7-12)27-9-26-13/h1-7H,8-9H2,(H,20,24)(H,21,25). The highest BCUT2D eigenvalue weighted by Crippen LogP contribution is 2.34. The van der Waals surface area contributed by atoms with Gasteiger partial charge in [0, 0.05) is 17.3 Å². The van der Waals surface area contributed by atoms with Crippen molar-refractivity contribution in [3.05, 3.63) is 63.9 Å². The van der Waals surface area contributed by atoms with Gasteiger partial charge in [-0.3, -0.25) is 9.59 Å². The Morgan fingerprint density at radius 2 is 1.82 bits per heavy atom. The molecule has 10 heteroatoms. The average Bonchev–Trinajstić information content (AvgIpc) is 3.35. The molecule has 0 spiro atoms. The van der Waals surface area contributed by atoms with E-state index in [9.17, 15) is 14.0 Å². The number of nitrogens with zero attached hydrogens (tertiary/aromatic N) is 2. The van der Waals surface area contributed by atoms with E-state index < -0.39 is 11.7 Å². The monoisotopic (exact) mass is 400 g/mol. The first kappa shape index (κ1) is 17.9. The van der Waals surface area contributed by atoms with Crippen LogP contribution in [0.5, 0.6) is 11.5 Å². The van der Waals surface area contributed by atoms with E-state index in [-0.39, 0.29) is 24.3 Å². The largest absolute Gasteiger partial charge is 0.454 e. The van der Waals surface area contributed by atoms with E-state index in [0.29, 0.717) is 27.8 Å². The van der Waals surface area contributed by atoms with Gasteiger partial charge in [0.1, 0.15) is 10.8 Å². The van der Waals surface area contributed by atoms with Gasteiger partial charge < -0.3 is 20.1 Å². The number of benzene rings is 2. The SMILES string of the molecule is O=C(NCc1nnc(C(=O)Nc2ccc3c(c2)OCO3)s1)c1ccc(F)cc1. The highest BCUT2D eigenvalue weighted by Gasteiger charge is 2.17. The van der Waals surface area contributed by atoms with Crippen LogP contribution in [-0.4, -0.2) is 28.8 Å². The number of aromatic nitrogens is 2. The molecule has 0 fully saturated rings. The van der Waals surface area contributed by atoms with Gasteiger partial charge in [-0.15, -0.1) is 10.2 Å². The second-order valence-corrected chi connectivity index (χ2v) is 6.77. The molecular weight excluding hydrogens is 387 g/mol. The van der Waals surface area contributed by atoms with Crippen molar-refractivity contribution in [3.63, 3.8) is 0 Å². The Morgan fingerprint density at radius 3 is 2.64 bits per heavy atom. The van der Waals surface area contributed by atoms with Gasteiger partial charge in [-0.25, -0.2) is 4.39 Å². The van der Waals surface area contributed by atoms with E-state index in [2.05, 4.69) is 20.8 Å². The fourth-order valence-electron chi connectivity index (χ4n) is 2.43. The number of rotatable bonds is 5. The van der Waals surface area contributed by atoms with E-state index in [0.717, 1.165) is 11.3 Å². The lowest BCUT2D eigenvalue weighted by atomic mass is 10.2. The summed E-state index contributed by atoms with van der Waals surface area (Å²) < 4.78 is 23.4. The molecule has 142 valence electrons. The van der Waals surface area contributed by atoms with Crippen LogP contribution >= 0.6 is 11.3 Å². The number of ether oxygens (including phenoxy) is 2. The topological polar surface area (TPSA) is 102 Å². The molecule has 1 aliphatic heterocycles. The predicted molar refractivity (Wildman–Crippen MR) is 98.0 cm³/mol. The highest BCUT2D eigenvalue weighted by atomic mass is 32.1. The molecule has 8 nitrogen and oxygen atoms in total. The number of nitrogens with one attached hydrogen (secondary N) is 2. The third-order valence-corrected chi connectivity index (χ3v) is 4.72. The van der Waals surface area contributed by atoms with Crippen LogP contribution in [0.2, 0.25) is 0 Å². The minimum atomic E-state index is -0.424. The normalized spacial score (nSPS) is 11.9. The average molecular weight is 400 g/mol. The third kappa shape index (κ3) is 3.91. The van der Waals surface area contributed by atoms with Gasteiger partial charge >= 0.3 is 0 Å². The zero-order valence-electron chi connectivity index (χ0n) is 14.3. The molecule has 2 N–H and O–H groups in total. The molecule has 3 aromatic rings. The molecule has 0 saturated heterocycles. The lowest BCUT2D eigenvalue weighted by molar-refractivity contribution is 0.0949. The predicted octanol–water partition coefficient (Wildman–Crippen LogP) is 2.59. The van der Waals surface area contributed by atoms with Crippen LogP contribution < -0.4 is 20.1 Å². The van der Waals surface area contributed by atoms with Gasteiger partial charge in [-0.05, 0) is 36.4 Å². The number of hydrogen-bond donors (Lipinski definition) is 2. The van der Waals surface area contributed by atoms with Gasteiger partial charge in [0.2, 0.25) is 11.8 Å². The molecule has 2 heterocycles. The minimum Gasteiger partial charge on any atom is -0.454 e. The molecule has 0 aliphatic carbocycles. The molecule has 28 heavy (non-hydrogen) atoms. The highest BCUT2D eigenvalue weighted by molar-refractivity contribution is 7.13. The van der Waals surface area contributed by atoms with Gasteiger partial charge in [-0.1, -0.05) is 11.3 Å².